The van der Waals surface area contributed by atoms with Gasteiger partial charge in [-0.1, -0.05) is 0 Å². The summed E-state index contributed by atoms with van der Waals surface area (Å²) >= 11 is 0. The molecule has 3 aromatic carbocycles. The number of methoxy groups -OCH3 is 1. The Morgan fingerprint density at radius 3 is 2.57 bits per heavy atom. The Bertz CT molecular complexity index is 2130. The normalized spacial score (nSPS) is 14.9. The molecule has 49 heavy (non-hydrogen) atoms. The van der Waals surface area contributed by atoms with Crippen molar-refractivity contribution >= 4 is 22.5 Å². The number of anilines is 1. The number of halogens is 2. The highest BCUT2D eigenvalue weighted by molar-refractivity contribution is 6.06. The number of benzene rings is 3. The molecular formula is C36H32F2N4O7. The number of rotatable bonds is 10. The monoisotopic (exact) mass is 670 g/mol. The first kappa shape index (κ1) is 32.0. The average molecular weight is 671 g/mol. The maximum atomic E-state index is 15.4. The van der Waals surface area contributed by atoms with Crippen molar-refractivity contribution in [2.45, 2.75) is 18.9 Å². The molecule has 5 aromatic rings. The van der Waals surface area contributed by atoms with E-state index in [1.165, 1.54) is 54.3 Å². The van der Waals surface area contributed by atoms with Crippen molar-refractivity contribution in [3.63, 3.8) is 0 Å². The first-order valence-corrected chi connectivity index (χ1v) is 15.6. The van der Waals surface area contributed by atoms with Gasteiger partial charge in [-0.3, -0.25) is 24.0 Å². The number of pyridine rings is 2. The smallest absolute Gasteiger partial charge is 0.271 e. The molecule has 0 bridgehead atoms. The summed E-state index contributed by atoms with van der Waals surface area (Å²) in [5, 5.41) is 13.1. The zero-order valence-corrected chi connectivity index (χ0v) is 26.7. The average Bonchev–Trinajstić information content (AvgIpc) is 3.53. The lowest BCUT2D eigenvalue weighted by atomic mass is 9.97. The second-order valence-corrected chi connectivity index (χ2v) is 12.2. The van der Waals surface area contributed by atoms with Crippen LogP contribution in [0.3, 0.4) is 0 Å². The number of carbonyl (C=O) groups is 1. The quantitative estimate of drug-likeness (QED) is 0.209. The van der Waals surface area contributed by atoms with E-state index in [9.17, 15) is 19.1 Å². The second-order valence-electron chi connectivity index (χ2n) is 12.2. The number of hydrogen-bond donors (Lipinski definition) is 2. The van der Waals surface area contributed by atoms with Gasteiger partial charge < -0.3 is 29.4 Å². The van der Waals surface area contributed by atoms with E-state index in [1.807, 2.05) is 0 Å². The first-order chi connectivity index (χ1) is 23.6. The summed E-state index contributed by atoms with van der Waals surface area (Å²) in [5.74, 6) is -0.723. The van der Waals surface area contributed by atoms with Gasteiger partial charge in [0.2, 0.25) is 0 Å². The Morgan fingerprint density at radius 1 is 1.04 bits per heavy atom. The van der Waals surface area contributed by atoms with Crippen molar-refractivity contribution in [1.82, 2.24) is 14.5 Å². The van der Waals surface area contributed by atoms with Crippen molar-refractivity contribution in [2.75, 3.05) is 45.3 Å². The van der Waals surface area contributed by atoms with Crippen molar-refractivity contribution in [3.8, 4) is 34.4 Å². The van der Waals surface area contributed by atoms with Gasteiger partial charge in [-0.05, 0) is 55.5 Å². The van der Waals surface area contributed by atoms with Crippen molar-refractivity contribution in [1.29, 1.82) is 0 Å². The number of ether oxygens (including phenoxy) is 4. The second kappa shape index (κ2) is 12.8. The van der Waals surface area contributed by atoms with Crippen LogP contribution < -0.4 is 29.8 Å². The van der Waals surface area contributed by atoms with Crippen LogP contribution in [0, 0.1) is 11.6 Å². The van der Waals surface area contributed by atoms with Gasteiger partial charge in [0.15, 0.2) is 23.1 Å². The minimum Gasteiger partial charge on any atom is -0.493 e. The number of nitrogens with one attached hydrogen (secondary N) is 1. The molecule has 7 rings (SSSR count). The van der Waals surface area contributed by atoms with Crippen molar-refractivity contribution < 1.29 is 37.6 Å². The summed E-state index contributed by atoms with van der Waals surface area (Å²) < 4.78 is 53.3. The summed E-state index contributed by atoms with van der Waals surface area (Å²) in [5.41, 5.74) is 0.0803. The van der Waals surface area contributed by atoms with Gasteiger partial charge >= 0.3 is 0 Å². The third-order valence-electron chi connectivity index (χ3n) is 8.38. The standard InChI is InChI=1S/C36H32F2N4O7/c1-36(45)19-41(20-36)12-14-47-31-17-27-25(16-30(31)46-2)28(9-11-39-27)49-29-8-5-23(15-26(29)38)40-34(43)32-33-21(10-13-48-33)18-42(35(32)44)24-6-3-22(37)4-7-24/h3-9,11,15-18,45H,10,12-14,19-20H2,1-2H3,(H,40,43). The van der Waals surface area contributed by atoms with Gasteiger partial charge in [-0.25, -0.2) is 8.78 Å². The zero-order chi connectivity index (χ0) is 34.3. The van der Waals surface area contributed by atoms with Crippen LogP contribution in [0.5, 0.6) is 28.7 Å². The lowest BCUT2D eigenvalue weighted by molar-refractivity contribution is -0.0859. The number of aromatic nitrogens is 2. The van der Waals surface area contributed by atoms with Crippen LogP contribution in [0.15, 0.2) is 77.9 Å². The SMILES string of the molecule is COc1cc2c(Oc3ccc(NC(=O)c4c5c(cn(-c6ccc(F)cc6)c4=O)CCO5)cc3F)ccnc2cc1OCCN1CC(C)(O)C1. The van der Waals surface area contributed by atoms with E-state index in [1.54, 1.807) is 31.3 Å². The molecule has 2 aromatic heterocycles. The van der Waals surface area contributed by atoms with Crippen LogP contribution in [-0.2, 0) is 6.42 Å². The van der Waals surface area contributed by atoms with Gasteiger partial charge in [0.05, 0.1) is 24.8 Å². The molecular weight excluding hydrogens is 638 g/mol. The van der Waals surface area contributed by atoms with E-state index in [2.05, 4.69) is 15.2 Å². The molecule has 252 valence electrons. The van der Waals surface area contributed by atoms with Gasteiger partial charge in [0.1, 0.15) is 29.5 Å². The summed E-state index contributed by atoms with van der Waals surface area (Å²) in [6.07, 6.45) is 3.58. The summed E-state index contributed by atoms with van der Waals surface area (Å²) in [6.45, 7) is 4.27. The molecule has 2 aliphatic rings. The molecule has 1 amide bonds. The van der Waals surface area contributed by atoms with Crippen LogP contribution in [0.2, 0.25) is 0 Å². The minimum absolute atomic E-state index is 0.0862. The maximum absolute atomic E-state index is 15.4. The van der Waals surface area contributed by atoms with E-state index < -0.39 is 28.7 Å². The molecule has 0 unspecified atom stereocenters. The molecule has 0 spiro atoms. The minimum atomic E-state index is -0.783. The van der Waals surface area contributed by atoms with Crippen LogP contribution in [0.25, 0.3) is 16.6 Å². The van der Waals surface area contributed by atoms with Crippen LogP contribution in [-0.4, -0.2) is 71.0 Å². The Morgan fingerprint density at radius 2 is 1.84 bits per heavy atom. The highest BCUT2D eigenvalue weighted by Crippen LogP contribution is 2.38. The first-order valence-electron chi connectivity index (χ1n) is 15.6. The van der Waals surface area contributed by atoms with Crippen LogP contribution in [0.1, 0.15) is 22.8 Å². The van der Waals surface area contributed by atoms with Crippen molar-refractivity contribution in [2.24, 2.45) is 0 Å². The zero-order valence-electron chi connectivity index (χ0n) is 26.7. The Kier molecular flexibility index (Phi) is 8.38. The van der Waals surface area contributed by atoms with Gasteiger partial charge in [0, 0.05) is 72.9 Å². The third-order valence-corrected chi connectivity index (χ3v) is 8.38. The van der Waals surface area contributed by atoms with E-state index in [0.717, 1.165) is 6.07 Å². The molecule has 2 aliphatic heterocycles. The van der Waals surface area contributed by atoms with Gasteiger partial charge in [-0.15, -0.1) is 0 Å². The Labute approximate surface area is 279 Å². The number of nitrogens with zero attached hydrogens (tertiary/aromatic N) is 3. The van der Waals surface area contributed by atoms with E-state index >= 15 is 4.39 Å². The Hall–Kier alpha value is -5.53. The predicted octanol–water partition coefficient (Wildman–Crippen LogP) is 5.10. The molecule has 2 N–H and O–H groups in total. The number of likely N-dealkylation sites (tertiary alicyclic amines) is 1. The molecule has 0 aliphatic carbocycles. The number of aliphatic hydroxyl groups is 1. The molecule has 4 heterocycles. The summed E-state index contributed by atoms with van der Waals surface area (Å²) in [6, 6.07) is 14.2. The number of fused-ring (bicyclic) bond motifs is 2. The highest BCUT2D eigenvalue weighted by Gasteiger charge is 2.36. The highest BCUT2D eigenvalue weighted by atomic mass is 19.1. The van der Waals surface area contributed by atoms with Gasteiger partial charge in [-0.2, -0.15) is 0 Å². The summed E-state index contributed by atoms with van der Waals surface area (Å²) in [7, 11) is 1.51. The topological polar surface area (TPSA) is 124 Å². The van der Waals surface area contributed by atoms with E-state index in [0.29, 0.717) is 72.1 Å². The number of hydrogen-bond acceptors (Lipinski definition) is 9. The van der Waals surface area contributed by atoms with Gasteiger partial charge in [0.25, 0.3) is 11.5 Å². The number of amides is 1. The number of carbonyl (C=O) groups excluding carboxylic acids is 1. The van der Waals surface area contributed by atoms with E-state index in [-0.39, 0.29) is 29.4 Å². The fraction of sp³-hybridized carbons (Fsp3) is 0.250. The fourth-order valence-electron chi connectivity index (χ4n) is 6.07. The lowest BCUT2D eigenvalue weighted by Crippen LogP contribution is -2.60. The molecule has 1 saturated heterocycles. The third kappa shape index (κ3) is 6.50. The molecule has 0 atom stereocenters. The lowest BCUT2D eigenvalue weighted by Gasteiger charge is -2.44. The molecule has 13 heteroatoms. The largest absolute Gasteiger partial charge is 0.493 e. The maximum Gasteiger partial charge on any atom is 0.271 e. The molecule has 0 saturated carbocycles. The van der Waals surface area contributed by atoms with Crippen molar-refractivity contribution in [3.05, 3.63) is 106 Å². The summed E-state index contributed by atoms with van der Waals surface area (Å²) in [4.78, 5) is 33.4. The Balaban J connectivity index is 1.09. The van der Waals surface area contributed by atoms with E-state index in [4.69, 9.17) is 18.9 Å². The predicted molar refractivity (Wildman–Crippen MR) is 176 cm³/mol. The fourth-order valence-corrected chi connectivity index (χ4v) is 6.07. The molecule has 1 fully saturated rings. The molecule has 0 radical (unpaired) electrons. The van der Waals surface area contributed by atoms with Crippen LogP contribution in [0.4, 0.5) is 14.5 Å². The number of β-amino-alcohol motifs (C(OH)–C–C–N with tert-alkyl or cyclic N) is 1. The molecule has 11 nitrogen and oxygen atoms in total. The van der Waals surface area contributed by atoms with Crippen LogP contribution >= 0.6 is 0 Å².